The summed E-state index contributed by atoms with van der Waals surface area (Å²) in [6.07, 6.45) is -3.71. The predicted octanol–water partition coefficient (Wildman–Crippen LogP) is 2.16. The lowest BCUT2D eigenvalue weighted by atomic mass is 9.90. The minimum Gasteiger partial charge on any atom is -0.380 e. The van der Waals surface area contributed by atoms with Crippen LogP contribution in [0.3, 0.4) is 0 Å². The topological polar surface area (TPSA) is 18.5 Å². The zero-order valence-electron chi connectivity index (χ0n) is 7.82. The van der Waals surface area contributed by atoms with Gasteiger partial charge in [0.2, 0.25) is 0 Å². The molecule has 15 heavy (non-hydrogen) atoms. The highest BCUT2D eigenvalue weighted by Crippen LogP contribution is 2.30. The van der Waals surface area contributed by atoms with Crippen molar-refractivity contribution >= 4 is 11.6 Å². The molecule has 1 fully saturated rings. The number of rotatable bonds is 6. The molecule has 90 valence electrons. The van der Waals surface area contributed by atoms with Crippen molar-refractivity contribution in [2.75, 3.05) is 32.3 Å². The molecule has 0 spiro atoms. The lowest BCUT2D eigenvalue weighted by molar-refractivity contribution is -0.191. The van der Waals surface area contributed by atoms with Crippen molar-refractivity contribution in [3.05, 3.63) is 0 Å². The molecule has 1 heterocycles. The van der Waals surface area contributed by atoms with Crippen LogP contribution in [0.4, 0.5) is 17.6 Å². The lowest BCUT2D eigenvalue weighted by Gasteiger charge is -2.39. The van der Waals surface area contributed by atoms with E-state index in [1.54, 1.807) is 0 Å². The van der Waals surface area contributed by atoms with Crippen molar-refractivity contribution in [1.29, 1.82) is 0 Å². The quantitative estimate of drug-likeness (QED) is 0.531. The van der Waals surface area contributed by atoms with Gasteiger partial charge in [-0.05, 0) is 0 Å². The third kappa shape index (κ3) is 3.19. The summed E-state index contributed by atoms with van der Waals surface area (Å²) in [6.45, 7) is -0.740. The number of alkyl halides is 5. The Hall–Kier alpha value is -0.0700. The van der Waals surface area contributed by atoms with E-state index in [-0.39, 0.29) is 12.5 Å². The van der Waals surface area contributed by atoms with Crippen LogP contribution in [0, 0.1) is 5.41 Å². The first kappa shape index (κ1) is 13.0. The van der Waals surface area contributed by atoms with Gasteiger partial charge in [0, 0.05) is 5.88 Å². The molecule has 0 aromatic carbocycles. The van der Waals surface area contributed by atoms with Crippen molar-refractivity contribution in [1.82, 2.24) is 0 Å². The smallest absolute Gasteiger partial charge is 0.330 e. The van der Waals surface area contributed by atoms with Crippen molar-refractivity contribution < 1.29 is 27.0 Å². The van der Waals surface area contributed by atoms with Gasteiger partial charge in [0.1, 0.15) is 6.61 Å². The average Bonchev–Trinajstić information content (AvgIpc) is 2.09. The van der Waals surface area contributed by atoms with Gasteiger partial charge in [0.05, 0.1) is 25.2 Å². The van der Waals surface area contributed by atoms with E-state index < -0.39 is 24.4 Å². The molecule has 1 saturated heterocycles. The lowest BCUT2D eigenvalue weighted by Crippen LogP contribution is -2.48. The van der Waals surface area contributed by atoms with Gasteiger partial charge in [0.25, 0.3) is 0 Å². The van der Waals surface area contributed by atoms with Gasteiger partial charge in [-0.25, -0.2) is 8.78 Å². The third-order valence-electron chi connectivity index (χ3n) is 2.12. The number of halogens is 5. The van der Waals surface area contributed by atoms with Gasteiger partial charge in [-0.2, -0.15) is 8.78 Å². The van der Waals surface area contributed by atoms with Gasteiger partial charge in [-0.1, -0.05) is 0 Å². The Kier molecular flexibility index (Phi) is 4.20. The van der Waals surface area contributed by atoms with Crippen LogP contribution in [0.2, 0.25) is 0 Å². The second-order valence-electron chi connectivity index (χ2n) is 3.68. The van der Waals surface area contributed by atoms with E-state index in [1.807, 2.05) is 0 Å². The van der Waals surface area contributed by atoms with Crippen molar-refractivity contribution in [2.45, 2.75) is 12.3 Å². The number of hydrogen-bond acceptors (Lipinski definition) is 2. The van der Waals surface area contributed by atoms with E-state index in [0.29, 0.717) is 13.2 Å². The Balaban J connectivity index is 2.26. The van der Waals surface area contributed by atoms with E-state index in [9.17, 15) is 17.6 Å². The second-order valence-corrected chi connectivity index (χ2v) is 3.95. The molecule has 7 heteroatoms. The van der Waals surface area contributed by atoms with Crippen LogP contribution in [-0.2, 0) is 9.47 Å². The van der Waals surface area contributed by atoms with Crippen LogP contribution in [0.5, 0.6) is 0 Å². The first-order chi connectivity index (χ1) is 6.92. The highest BCUT2D eigenvalue weighted by molar-refractivity contribution is 6.18. The highest BCUT2D eigenvalue weighted by atomic mass is 35.5. The minimum absolute atomic E-state index is 0.0845. The normalized spacial score (nSPS) is 20.4. The molecule has 1 aliphatic rings. The Morgan fingerprint density at radius 2 is 2.00 bits per heavy atom. The number of ether oxygens (including phenoxy) is 2. The molecule has 0 aliphatic carbocycles. The fourth-order valence-electron chi connectivity index (χ4n) is 1.06. The van der Waals surface area contributed by atoms with Gasteiger partial charge in [-0.3, -0.25) is 0 Å². The summed E-state index contributed by atoms with van der Waals surface area (Å²) in [4.78, 5) is 0. The standard InChI is InChI=1S/C8H11ClF4O2/c9-1-7(2-14-3-7)4-15-5-8(12,13)6(10)11/h6H,1-5H2. The van der Waals surface area contributed by atoms with Crippen molar-refractivity contribution in [3.63, 3.8) is 0 Å². The molecule has 1 rings (SSSR count). The molecular formula is C8H11ClF4O2. The molecule has 2 nitrogen and oxygen atoms in total. The largest absolute Gasteiger partial charge is 0.380 e. The Morgan fingerprint density at radius 3 is 2.33 bits per heavy atom. The van der Waals surface area contributed by atoms with Crippen LogP contribution >= 0.6 is 11.6 Å². The van der Waals surface area contributed by atoms with E-state index in [4.69, 9.17) is 16.3 Å². The summed E-state index contributed by atoms with van der Waals surface area (Å²) in [5.74, 6) is -3.90. The van der Waals surface area contributed by atoms with E-state index in [2.05, 4.69) is 4.74 Å². The van der Waals surface area contributed by atoms with Crippen LogP contribution in [0.25, 0.3) is 0 Å². The second kappa shape index (κ2) is 4.84. The summed E-state index contributed by atoms with van der Waals surface area (Å²) in [7, 11) is 0. The Morgan fingerprint density at radius 1 is 1.40 bits per heavy atom. The maximum absolute atomic E-state index is 12.4. The summed E-state index contributed by atoms with van der Waals surface area (Å²) in [5.41, 5.74) is -0.486. The summed E-state index contributed by atoms with van der Waals surface area (Å²) < 4.78 is 57.7. The maximum Gasteiger partial charge on any atom is 0.330 e. The van der Waals surface area contributed by atoms with Crippen LogP contribution in [-0.4, -0.2) is 44.7 Å². The van der Waals surface area contributed by atoms with E-state index in [1.165, 1.54) is 0 Å². The Labute approximate surface area is 89.5 Å². The van der Waals surface area contributed by atoms with Gasteiger partial charge >= 0.3 is 12.3 Å². The molecule has 0 bridgehead atoms. The molecule has 0 N–H and O–H groups in total. The van der Waals surface area contributed by atoms with Crippen LogP contribution in [0.15, 0.2) is 0 Å². The molecule has 0 radical (unpaired) electrons. The molecule has 0 amide bonds. The summed E-state index contributed by atoms with van der Waals surface area (Å²) in [6, 6.07) is 0. The zero-order valence-corrected chi connectivity index (χ0v) is 8.58. The molecule has 1 aliphatic heterocycles. The van der Waals surface area contributed by atoms with E-state index >= 15 is 0 Å². The zero-order chi connectivity index (χ0) is 11.5. The first-order valence-electron chi connectivity index (χ1n) is 4.29. The van der Waals surface area contributed by atoms with Crippen molar-refractivity contribution in [2.24, 2.45) is 5.41 Å². The molecule has 0 saturated carbocycles. The summed E-state index contributed by atoms with van der Waals surface area (Å²) in [5, 5.41) is 0. The van der Waals surface area contributed by atoms with Crippen LogP contribution in [0.1, 0.15) is 0 Å². The van der Waals surface area contributed by atoms with Crippen LogP contribution < -0.4 is 0 Å². The first-order valence-corrected chi connectivity index (χ1v) is 4.83. The van der Waals surface area contributed by atoms with Crippen molar-refractivity contribution in [3.8, 4) is 0 Å². The van der Waals surface area contributed by atoms with E-state index in [0.717, 1.165) is 0 Å². The average molecular weight is 251 g/mol. The molecular weight excluding hydrogens is 240 g/mol. The summed E-state index contributed by atoms with van der Waals surface area (Å²) >= 11 is 5.58. The SMILES string of the molecule is FC(F)C(F)(F)COCC1(CCl)COC1. The third-order valence-corrected chi connectivity index (χ3v) is 2.69. The molecule has 0 atom stereocenters. The monoisotopic (exact) mass is 250 g/mol. The highest BCUT2D eigenvalue weighted by Gasteiger charge is 2.43. The maximum atomic E-state index is 12.4. The molecule has 0 unspecified atom stereocenters. The Bertz CT molecular complexity index is 201. The number of hydrogen-bond donors (Lipinski definition) is 0. The predicted molar refractivity (Wildman–Crippen MR) is 45.7 cm³/mol. The van der Waals surface area contributed by atoms with Gasteiger partial charge in [0.15, 0.2) is 0 Å². The van der Waals surface area contributed by atoms with Gasteiger partial charge < -0.3 is 9.47 Å². The fourth-order valence-corrected chi connectivity index (χ4v) is 1.29. The minimum atomic E-state index is -4.10. The van der Waals surface area contributed by atoms with Gasteiger partial charge in [-0.15, -0.1) is 11.6 Å². The fraction of sp³-hybridized carbons (Fsp3) is 1.00. The molecule has 0 aromatic heterocycles. The molecule has 0 aromatic rings.